The second-order valence-corrected chi connectivity index (χ2v) is 14.0. The highest BCUT2D eigenvalue weighted by molar-refractivity contribution is 5.92. The smallest absolute Gasteiger partial charge is 0.337 e. The molecule has 47 heavy (non-hydrogen) atoms. The predicted molar refractivity (Wildman–Crippen MR) is 182 cm³/mol. The van der Waals surface area contributed by atoms with E-state index in [1.54, 1.807) is 18.3 Å². The zero-order chi connectivity index (χ0) is 33.8. The third kappa shape index (κ3) is 8.68. The van der Waals surface area contributed by atoms with Gasteiger partial charge in [-0.05, 0) is 87.4 Å². The number of nitrogens with one attached hydrogen (secondary N) is 2. The average molecular weight is 644 g/mol. The zero-order valence-electron chi connectivity index (χ0n) is 28.2. The van der Waals surface area contributed by atoms with Crippen molar-refractivity contribution >= 4 is 17.5 Å². The van der Waals surface area contributed by atoms with Gasteiger partial charge < -0.3 is 24.8 Å². The van der Waals surface area contributed by atoms with Gasteiger partial charge in [0.1, 0.15) is 17.4 Å². The second kappa shape index (κ2) is 14.1. The Morgan fingerprint density at radius 1 is 1.09 bits per heavy atom. The Morgan fingerprint density at radius 2 is 1.77 bits per heavy atom. The second-order valence-electron chi connectivity index (χ2n) is 14.0. The lowest BCUT2D eigenvalue weighted by Crippen LogP contribution is -2.39. The summed E-state index contributed by atoms with van der Waals surface area (Å²) in [6.07, 6.45) is 3.05. The molecule has 1 fully saturated rings. The van der Waals surface area contributed by atoms with Crippen LogP contribution in [0, 0.1) is 18.2 Å². The molecule has 1 saturated heterocycles. The first kappa shape index (κ1) is 33.9. The molecule has 1 atom stereocenters. The molecule has 5 rings (SSSR count). The normalized spacial score (nSPS) is 15.3. The van der Waals surface area contributed by atoms with Crippen LogP contribution in [0.15, 0.2) is 60.8 Å². The predicted octanol–water partition coefficient (Wildman–Crippen LogP) is 7.72. The van der Waals surface area contributed by atoms with Crippen molar-refractivity contribution in [2.24, 2.45) is 5.41 Å². The minimum Gasteiger partial charge on any atom is -0.493 e. The van der Waals surface area contributed by atoms with E-state index in [9.17, 15) is 14.3 Å². The summed E-state index contributed by atoms with van der Waals surface area (Å²) in [6.45, 7) is 14.4. The van der Waals surface area contributed by atoms with Crippen LogP contribution in [0.25, 0.3) is 11.1 Å². The van der Waals surface area contributed by atoms with Gasteiger partial charge in [-0.25, -0.2) is 14.2 Å². The first-order valence-corrected chi connectivity index (χ1v) is 16.2. The highest BCUT2D eigenvalue weighted by Gasteiger charge is 2.37. The third-order valence-corrected chi connectivity index (χ3v) is 8.51. The first-order valence-electron chi connectivity index (χ1n) is 16.2. The summed E-state index contributed by atoms with van der Waals surface area (Å²) >= 11 is 0. The molecule has 1 aliphatic rings. The number of hydrogen-bond donors (Lipinski definition) is 3. The molecular formula is C37H46FN5O4. The number of hydrogen-bond acceptors (Lipinski definition) is 7. The standard InChI is InChI=1S/C37H46FN5O4/c1-24-30(33(35(44)45)47-36(2,3)4)32(43-20-17-37(5,6)18-21-43)31(34(41-24)39-23-28-15-19-40-42-28)26-9-13-29(14-10-26)46-22-16-25-7-11-27(38)12-8-25/h7-15,19,33H,16-18,20-23H2,1-6H3,(H,39,41)(H,40,42)(H,44,45)/t33-/m0/s1. The Labute approximate surface area is 276 Å². The molecule has 9 nitrogen and oxygen atoms in total. The van der Waals surface area contributed by atoms with Crippen LogP contribution < -0.4 is 15.0 Å². The van der Waals surface area contributed by atoms with Crippen LogP contribution in [-0.4, -0.2) is 51.6 Å². The highest BCUT2D eigenvalue weighted by atomic mass is 19.1. The maximum atomic E-state index is 13.3. The number of aryl methyl sites for hydroxylation is 1. The topological polar surface area (TPSA) is 113 Å². The monoisotopic (exact) mass is 643 g/mol. The van der Waals surface area contributed by atoms with Crippen LogP contribution in [0.5, 0.6) is 5.75 Å². The van der Waals surface area contributed by atoms with Crippen molar-refractivity contribution in [1.29, 1.82) is 0 Å². The number of benzene rings is 2. The molecule has 2 aromatic carbocycles. The van der Waals surface area contributed by atoms with Crippen LogP contribution in [-0.2, 0) is 22.5 Å². The van der Waals surface area contributed by atoms with Crippen molar-refractivity contribution in [3.05, 3.63) is 89.1 Å². The molecule has 2 aromatic heterocycles. The van der Waals surface area contributed by atoms with Crippen molar-refractivity contribution < 1.29 is 23.8 Å². The number of carboxylic acids is 1. The van der Waals surface area contributed by atoms with Crippen molar-refractivity contribution in [3.63, 3.8) is 0 Å². The van der Waals surface area contributed by atoms with Gasteiger partial charge in [-0.1, -0.05) is 38.1 Å². The molecular weight excluding hydrogens is 597 g/mol. The number of carboxylic acid groups (broad SMARTS) is 1. The number of H-pyrrole nitrogens is 1. The SMILES string of the molecule is Cc1nc(NCc2ccn[nH]2)c(-c2ccc(OCCc3ccc(F)cc3)cc2)c(N2CCC(C)(C)CC2)c1[C@H](OC(C)(C)C)C(=O)O. The minimum absolute atomic E-state index is 0.182. The lowest BCUT2D eigenvalue weighted by molar-refractivity contribution is -0.160. The largest absolute Gasteiger partial charge is 0.493 e. The van der Waals surface area contributed by atoms with Gasteiger partial charge in [0.2, 0.25) is 0 Å². The van der Waals surface area contributed by atoms with Gasteiger partial charge in [-0.15, -0.1) is 0 Å². The third-order valence-electron chi connectivity index (χ3n) is 8.51. The molecule has 0 amide bonds. The highest BCUT2D eigenvalue weighted by Crippen LogP contribution is 2.46. The number of aromatic amines is 1. The fraction of sp³-hybridized carbons (Fsp3) is 0.432. The number of aliphatic carboxylic acids is 1. The number of carbonyl (C=O) groups is 1. The maximum absolute atomic E-state index is 13.3. The molecule has 4 aromatic rings. The number of ether oxygens (including phenoxy) is 2. The molecule has 10 heteroatoms. The van der Waals surface area contributed by atoms with Crippen LogP contribution in [0.3, 0.4) is 0 Å². The summed E-state index contributed by atoms with van der Waals surface area (Å²) in [5.74, 6) is 0.0246. The van der Waals surface area contributed by atoms with Gasteiger partial charge in [0, 0.05) is 42.5 Å². The molecule has 1 aliphatic heterocycles. The number of nitrogens with zero attached hydrogens (tertiary/aromatic N) is 3. The number of piperidine rings is 1. The van der Waals surface area contributed by atoms with E-state index in [2.05, 4.69) is 34.3 Å². The summed E-state index contributed by atoms with van der Waals surface area (Å²) in [5, 5.41) is 21.1. The van der Waals surface area contributed by atoms with Crippen molar-refractivity contribution in [2.75, 3.05) is 29.9 Å². The maximum Gasteiger partial charge on any atom is 0.337 e. The quantitative estimate of drug-likeness (QED) is 0.144. The van der Waals surface area contributed by atoms with E-state index in [0.29, 0.717) is 42.4 Å². The minimum atomic E-state index is -1.22. The Hall–Kier alpha value is -4.44. The molecule has 0 saturated carbocycles. The van der Waals surface area contributed by atoms with Crippen LogP contribution in [0.4, 0.5) is 15.9 Å². The van der Waals surface area contributed by atoms with Crippen LogP contribution in [0.1, 0.15) is 76.1 Å². The number of pyridine rings is 1. The summed E-state index contributed by atoms with van der Waals surface area (Å²) in [4.78, 5) is 20.2. The van der Waals surface area contributed by atoms with Gasteiger partial charge >= 0.3 is 5.97 Å². The van der Waals surface area contributed by atoms with Crippen LogP contribution in [0.2, 0.25) is 0 Å². The van der Waals surface area contributed by atoms with Gasteiger partial charge in [0.15, 0.2) is 6.10 Å². The lowest BCUT2D eigenvalue weighted by Gasteiger charge is -2.41. The number of aromatic nitrogens is 3. The Balaban J connectivity index is 1.58. The molecule has 3 heterocycles. The number of halogens is 1. The summed E-state index contributed by atoms with van der Waals surface area (Å²) in [7, 11) is 0. The molecule has 0 spiro atoms. The van der Waals surface area contributed by atoms with Gasteiger partial charge in [0.05, 0.1) is 30.1 Å². The van der Waals surface area contributed by atoms with E-state index in [-0.39, 0.29) is 11.2 Å². The number of anilines is 2. The van der Waals surface area contributed by atoms with E-state index in [0.717, 1.165) is 54.0 Å². The fourth-order valence-electron chi connectivity index (χ4n) is 5.89. The molecule has 0 aliphatic carbocycles. The van der Waals surface area contributed by atoms with Gasteiger partial charge in [0.25, 0.3) is 0 Å². The van der Waals surface area contributed by atoms with Gasteiger partial charge in [-0.2, -0.15) is 5.10 Å². The van der Waals surface area contributed by atoms with Crippen LogP contribution >= 0.6 is 0 Å². The molecule has 3 N–H and O–H groups in total. The van der Waals surface area contributed by atoms with E-state index >= 15 is 0 Å². The lowest BCUT2D eigenvalue weighted by atomic mass is 9.82. The van der Waals surface area contributed by atoms with Crippen molar-refractivity contribution in [3.8, 4) is 16.9 Å². The summed E-state index contributed by atoms with van der Waals surface area (Å²) in [6, 6.07) is 16.1. The van der Waals surface area contributed by atoms with Crippen molar-refractivity contribution in [2.45, 2.75) is 79.1 Å². The van der Waals surface area contributed by atoms with E-state index in [1.807, 2.05) is 58.0 Å². The van der Waals surface area contributed by atoms with Gasteiger partial charge in [-0.3, -0.25) is 5.10 Å². The molecule has 0 unspecified atom stereocenters. The molecule has 250 valence electrons. The zero-order valence-corrected chi connectivity index (χ0v) is 28.2. The summed E-state index contributed by atoms with van der Waals surface area (Å²) in [5.41, 5.74) is 5.03. The van der Waals surface area contributed by atoms with E-state index in [4.69, 9.17) is 14.5 Å². The Bertz CT molecular complexity index is 1640. The molecule has 0 radical (unpaired) electrons. The van der Waals surface area contributed by atoms with E-state index in [1.165, 1.54) is 12.1 Å². The molecule has 0 bridgehead atoms. The first-order chi connectivity index (χ1) is 22.3. The number of rotatable bonds is 12. The Morgan fingerprint density at radius 3 is 2.36 bits per heavy atom. The average Bonchev–Trinajstić information content (AvgIpc) is 3.54. The summed E-state index contributed by atoms with van der Waals surface area (Å²) < 4.78 is 25.6. The van der Waals surface area contributed by atoms with Crippen molar-refractivity contribution in [1.82, 2.24) is 15.2 Å². The fourth-order valence-corrected chi connectivity index (χ4v) is 5.89. The Kier molecular flexibility index (Phi) is 10.2. The van der Waals surface area contributed by atoms with E-state index < -0.39 is 17.7 Å².